The van der Waals surface area contributed by atoms with E-state index in [-0.39, 0.29) is 12.1 Å². The highest BCUT2D eigenvalue weighted by molar-refractivity contribution is 6.30. The summed E-state index contributed by atoms with van der Waals surface area (Å²) in [6, 6.07) is 5.72. The fourth-order valence-electron chi connectivity index (χ4n) is 2.91. The number of nitrogens with zero attached hydrogens (tertiary/aromatic N) is 2. The van der Waals surface area contributed by atoms with Crippen molar-refractivity contribution >= 4 is 17.3 Å². The van der Waals surface area contributed by atoms with Crippen molar-refractivity contribution in [3.63, 3.8) is 0 Å². The monoisotopic (exact) mass is 282 g/mol. The molecule has 1 aromatic carbocycles. The van der Waals surface area contributed by atoms with Gasteiger partial charge in [-0.3, -0.25) is 0 Å². The van der Waals surface area contributed by atoms with E-state index in [1.165, 1.54) is 19.3 Å². The normalized spacial score (nSPS) is 17.4. The molecule has 106 valence electrons. The zero-order valence-electron chi connectivity index (χ0n) is 12.0. The van der Waals surface area contributed by atoms with E-state index in [9.17, 15) is 5.11 Å². The van der Waals surface area contributed by atoms with Crippen LogP contribution in [-0.2, 0) is 6.61 Å². The highest BCUT2D eigenvalue weighted by Gasteiger charge is 2.40. The molecule has 1 N–H and O–H groups in total. The fourth-order valence-corrected chi connectivity index (χ4v) is 3.11. The zero-order chi connectivity index (χ0) is 14.0. The third-order valence-corrected chi connectivity index (χ3v) is 4.62. The summed E-state index contributed by atoms with van der Waals surface area (Å²) in [5, 5.41) is 10.1. The van der Waals surface area contributed by atoms with E-state index in [2.05, 4.69) is 30.9 Å². The standard InChI is InChI=1S/C15H23ClN2O/c1-17(2)15(7-4-8-15)11-18(3)14-6-5-13(16)9-12(14)10-19/h5-6,9,19H,4,7-8,10-11H2,1-3H3. The molecule has 0 unspecified atom stereocenters. The molecule has 0 aromatic heterocycles. The molecule has 0 saturated heterocycles. The van der Waals surface area contributed by atoms with Crippen LogP contribution < -0.4 is 4.90 Å². The maximum atomic E-state index is 9.47. The minimum absolute atomic E-state index is 0.0230. The van der Waals surface area contributed by atoms with Gasteiger partial charge < -0.3 is 14.9 Å². The van der Waals surface area contributed by atoms with Crippen LogP contribution in [-0.4, -0.2) is 43.2 Å². The van der Waals surface area contributed by atoms with Crippen LogP contribution in [0.15, 0.2) is 18.2 Å². The van der Waals surface area contributed by atoms with E-state index in [1.54, 1.807) is 0 Å². The first-order valence-electron chi connectivity index (χ1n) is 6.76. The highest BCUT2D eigenvalue weighted by Crippen LogP contribution is 2.38. The second-order valence-electron chi connectivity index (χ2n) is 5.76. The van der Waals surface area contributed by atoms with Gasteiger partial charge in [-0.2, -0.15) is 0 Å². The lowest BCUT2D eigenvalue weighted by atomic mass is 9.75. The van der Waals surface area contributed by atoms with Gasteiger partial charge in [0.05, 0.1) is 6.61 Å². The van der Waals surface area contributed by atoms with Crippen LogP contribution in [0, 0.1) is 0 Å². The molecule has 1 aliphatic carbocycles. The molecular weight excluding hydrogens is 260 g/mol. The van der Waals surface area contributed by atoms with Crippen molar-refractivity contribution in [2.24, 2.45) is 0 Å². The smallest absolute Gasteiger partial charge is 0.0702 e. The first-order chi connectivity index (χ1) is 8.98. The van der Waals surface area contributed by atoms with Gasteiger partial charge in [-0.25, -0.2) is 0 Å². The largest absolute Gasteiger partial charge is 0.392 e. The Morgan fingerprint density at radius 2 is 1.95 bits per heavy atom. The molecule has 0 amide bonds. The molecule has 1 fully saturated rings. The Hall–Kier alpha value is -0.770. The Kier molecular flexibility index (Phi) is 4.39. The molecule has 0 aliphatic heterocycles. The minimum atomic E-state index is 0.0230. The molecule has 0 heterocycles. The molecule has 0 atom stereocenters. The SMILES string of the molecule is CN(CC1(N(C)C)CCC1)c1ccc(Cl)cc1CO. The Balaban J connectivity index is 2.18. The summed E-state index contributed by atoms with van der Waals surface area (Å²) in [6.07, 6.45) is 3.79. The molecular formula is C15H23ClN2O. The summed E-state index contributed by atoms with van der Waals surface area (Å²) in [5.74, 6) is 0. The van der Waals surface area contributed by atoms with E-state index in [0.717, 1.165) is 17.8 Å². The summed E-state index contributed by atoms with van der Waals surface area (Å²) in [6.45, 7) is 1.00. The van der Waals surface area contributed by atoms with Gasteiger partial charge in [0.1, 0.15) is 0 Å². The van der Waals surface area contributed by atoms with Gasteiger partial charge in [-0.1, -0.05) is 11.6 Å². The first kappa shape index (κ1) is 14.6. The first-order valence-corrected chi connectivity index (χ1v) is 7.14. The van der Waals surface area contributed by atoms with E-state index < -0.39 is 0 Å². The summed E-state index contributed by atoms with van der Waals surface area (Å²) in [7, 11) is 6.40. The lowest BCUT2D eigenvalue weighted by Gasteiger charge is -2.49. The topological polar surface area (TPSA) is 26.7 Å². The van der Waals surface area contributed by atoms with Crippen LogP contribution in [0.3, 0.4) is 0 Å². The number of likely N-dealkylation sites (N-methyl/N-ethyl adjacent to an activating group) is 2. The van der Waals surface area contributed by atoms with Gasteiger partial charge in [-0.05, 0) is 51.6 Å². The number of halogens is 1. The van der Waals surface area contributed by atoms with Crippen molar-refractivity contribution in [3.8, 4) is 0 Å². The molecule has 4 heteroatoms. The van der Waals surface area contributed by atoms with Gasteiger partial charge in [0.15, 0.2) is 0 Å². The number of aliphatic hydroxyl groups excluding tert-OH is 1. The van der Waals surface area contributed by atoms with Crippen LogP contribution >= 0.6 is 11.6 Å². The molecule has 1 aromatic rings. The number of aliphatic hydroxyl groups is 1. The van der Waals surface area contributed by atoms with Crippen LogP contribution in [0.25, 0.3) is 0 Å². The fraction of sp³-hybridized carbons (Fsp3) is 0.600. The molecule has 0 bridgehead atoms. The van der Waals surface area contributed by atoms with Crippen molar-refractivity contribution in [3.05, 3.63) is 28.8 Å². The highest BCUT2D eigenvalue weighted by atomic mass is 35.5. The predicted molar refractivity (Wildman–Crippen MR) is 80.9 cm³/mol. The van der Waals surface area contributed by atoms with E-state index in [1.807, 2.05) is 18.2 Å². The lowest BCUT2D eigenvalue weighted by Crippen LogP contribution is -2.56. The zero-order valence-corrected chi connectivity index (χ0v) is 12.7. The third-order valence-electron chi connectivity index (χ3n) is 4.39. The van der Waals surface area contributed by atoms with Crippen molar-refractivity contribution in [1.29, 1.82) is 0 Å². The maximum absolute atomic E-state index is 9.47. The summed E-state index contributed by atoms with van der Waals surface area (Å²) >= 11 is 5.98. The van der Waals surface area contributed by atoms with Crippen LogP contribution in [0.1, 0.15) is 24.8 Å². The minimum Gasteiger partial charge on any atom is -0.392 e. The summed E-state index contributed by atoms with van der Waals surface area (Å²) < 4.78 is 0. The van der Waals surface area contributed by atoms with Crippen LogP contribution in [0.5, 0.6) is 0 Å². The second-order valence-corrected chi connectivity index (χ2v) is 6.20. The maximum Gasteiger partial charge on any atom is 0.0702 e. The average Bonchev–Trinajstić information content (AvgIpc) is 2.32. The van der Waals surface area contributed by atoms with Gasteiger partial charge in [0.2, 0.25) is 0 Å². The molecule has 3 nitrogen and oxygen atoms in total. The Morgan fingerprint density at radius 1 is 1.26 bits per heavy atom. The number of anilines is 1. The number of hydrogen-bond donors (Lipinski definition) is 1. The molecule has 2 rings (SSSR count). The van der Waals surface area contributed by atoms with Crippen molar-refractivity contribution < 1.29 is 5.11 Å². The predicted octanol–water partition coefficient (Wildman–Crippen LogP) is 2.75. The third kappa shape index (κ3) is 2.88. The Labute approximate surface area is 120 Å². The number of benzene rings is 1. The summed E-state index contributed by atoms with van der Waals surface area (Å²) in [5.41, 5.74) is 2.24. The molecule has 0 spiro atoms. The lowest BCUT2D eigenvalue weighted by molar-refractivity contribution is 0.0682. The van der Waals surface area contributed by atoms with E-state index in [4.69, 9.17) is 11.6 Å². The van der Waals surface area contributed by atoms with Gasteiger partial charge in [0.25, 0.3) is 0 Å². The summed E-state index contributed by atoms with van der Waals surface area (Å²) in [4.78, 5) is 4.57. The Bertz CT molecular complexity index is 444. The van der Waals surface area contributed by atoms with Crippen molar-refractivity contribution in [2.45, 2.75) is 31.4 Å². The van der Waals surface area contributed by atoms with Crippen LogP contribution in [0.4, 0.5) is 5.69 Å². The number of rotatable bonds is 5. The van der Waals surface area contributed by atoms with E-state index in [0.29, 0.717) is 5.02 Å². The molecule has 0 radical (unpaired) electrons. The molecule has 1 aliphatic rings. The van der Waals surface area contributed by atoms with Gasteiger partial charge in [-0.15, -0.1) is 0 Å². The van der Waals surface area contributed by atoms with Crippen molar-refractivity contribution in [1.82, 2.24) is 4.90 Å². The average molecular weight is 283 g/mol. The van der Waals surface area contributed by atoms with Crippen molar-refractivity contribution in [2.75, 3.05) is 32.6 Å². The molecule has 1 saturated carbocycles. The quantitative estimate of drug-likeness (QED) is 0.900. The van der Waals surface area contributed by atoms with Crippen LogP contribution in [0.2, 0.25) is 5.02 Å². The molecule has 19 heavy (non-hydrogen) atoms. The van der Waals surface area contributed by atoms with Gasteiger partial charge >= 0.3 is 0 Å². The Morgan fingerprint density at radius 3 is 2.42 bits per heavy atom. The van der Waals surface area contributed by atoms with Gasteiger partial charge in [0, 0.05) is 35.4 Å². The number of hydrogen-bond acceptors (Lipinski definition) is 3. The second kappa shape index (κ2) is 5.70. The van der Waals surface area contributed by atoms with E-state index >= 15 is 0 Å².